The molecule has 1 unspecified atom stereocenters. The fourth-order valence-electron chi connectivity index (χ4n) is 1.74. The molecule has 0 saturated heterocycles. The predicted molar refractivity (Wildman–Crippen MR) is 60.5 cm³/mol. The summed E-state index contributed by atoms with van der Waals surface area (Å²) >= 11 is 0. The van der Waals surface area contributed by atoms with E-state index in [2.05, 4.69) is 0 Å². The van der Waals surface area contributed by atoms with E-state index in [1.54, 1.807) is 19.4 Å². The molecule has 2 aromatic rings. The highest BCUT2D eigenvalue weighted by Gasteiger charge is 2.18. The van der Waals surface area contributed by atoms with Crippen LogP contribution in [0.4, 0.5) is 0 Å². The monoisotopic (exact) mass is 218 g/mol. The van der Waals surface area contributed by atoms with E-state index < -0.39 is 6.10 Å². The first-order chi connectivity index (χ1) is 7.74. The summed E-state index contributed by atoms with van der Waals surface area (Å²) < 4.78 is 10.4. The molecule has 84 valence electrons. The van der Waals surface area contributed by atoms with Crippen molar-refractivity contribution in [3.05, 3.63) is 53.5 Å². The number of hydrogen-bond donors (Lipinski definition) is 1. The van der Waals surface area contributed by atoms with Gasteiger partial charge < -0.3 is 14.3 Å². The standard InChI is InChI=1S/C13H14O3/c1-9-10(7-8-16-9)13(14)11-5-3-4-6-12(11)15-2/h3-8,13-14H,1-2H3. The maximum atomic E-state index is 10.2. The average Bonchev–Trinajstić information content (AvgIpc) is 2.74. The number of furan rings is 1. The van der Waals surface area contributed by atoms with Crippen LogP contribution in [-0.4, -0.2) is 12.2 Å². The number of aryl methyl sites for hydroxylation is 1. The summed E-state index contributed by atoms with van der Waals surface area (Å²) in [6, 6.07) is 9.18. The van der Waals surface area contributed by atoms with Crippen molar-refractivity contribution in [3.63, 3.8) is 0 Å². The Labute approximate surface area is 94.3 Å². The normalized spacial score (nSPS) is 12.4. The van der Waals surface area contributed by atoms with Gasteiger partial charge in [-0.05, 0) is 19.1 Å². The Morgan fingerprint density at radius 1 is 1.19 bits per heavy atom. The zero-order valence-corrected chi connectivity index (χ0v) is 9.31. The molecule has 1 atom stereocenters. The van der Waals surface area contributed by atoms with Crippen molar-refractivity contribution >= 4 is 0 Å². The van der Waals surface area contributed by atoms with E-state index in [1.807, 2.05) is 31.2 Å². The number of aliphatic hydroxyl groups is 1. The van der Waals surface area contributed by atoms with E-state index in [4.69, 9.17) is 9.15 Å². The van der Waals surface area contributed by atoms with Gasteiger partial charge in [-0.25, -0.2) is 0 Å². The molecule has 1 aromatic heterocycles. The van der Waals surface area contributed by atoms with Gasteiger partial charge in [0, 0.05) is 11.1 Å². The lowest BCUT2D eigenvalue weighted by atomic mass is 10.0. The Morgan fingerprint density at radius 2 is 1.94 bits per heavy atom. The number of para-hydroxylation sites is 1. The molecule has 0 aliphatic heterocycles. The second-order valence-electron chi connectivity index (χ2n) is 3.58. The van der Waals surface area contributed by atoms with Gasteiger partial charge in [0.25, 0.3) is 0 Å². The quantitative estimate of drug-likeness (QED) is 0.861. The fourth-order valence-corrected chi connectivity index (χ4v) is 1.74. The van der Waals surface area contributed by atoms with Crippen LogP contribution in [0.5, 0.6) is 5.75 Å². The van der Waals surface area contributed by atoms with Crippen LogP contribution in [0, 0.1) is 6.92 Å². The van der Waals surface area contributed by atoms with E-state index in [0.717, 1.165) is 16.9 Å². The predicted octanol–water partition coefficient (Wildman–Crippen LogP) is 2.68. The lowest BCUT2D eigenvalue weighted by Crippen LogP contribution is -2.02. The van der Waals surface area contributed by atoms with Gasteiger partial charge in [-0.2, -0.15) is 0 Å². The van der Waals surface area contributed by atoms with Crippen LogP contribution in [0.2, 0.25) is 0 Å². The SMILES string of the molecule is COc1ccccc1C(O)c1ccoc1C. The number of hydrogen-bond acceptors (Lipinski definition) is 3. The van der Waals surface area contributed by atoms with Crippen molar-refractivity contribution in [3.8, 4) is 5.75 Å². The summed E-state index contributed by atoms with van der Waals surface area (Å²) in [5, 5.41) is 10.2. The molecule has 1 N–H and O–H groups in total. The Kier molecular flexibility index (Phi) is 2.97. The van der Waals surface area contributed by atoms with E-state index in [9.17, 15) is 5.11 Å². The van der Waals surface area contributed by atoms with Crippen molar-refractivity contribution < 1.29 is 14.3 Å². The highest BCUT2D eigenvalue weighted by Crippen LogP contribution is 2.31. The molecule has 0 radical (unpaired) electrons. The minimum atomic E-state index is -0.713. The van der Waals surface area contributed by atoms with Gasteiger partial charge >= 0.3 is 0 Å². The Balaban J connectivity index is 2.41. The largest absolute Gasteiger partial charge is 0.496 e. The minimum Gasteiger partial charge on any atom is -0.496 e. The minimum absolute atomic E-state index is 0.676. The second-order valence-corrected chi connectivity index (χ2v) is 3.58. The number of methoxy groups -OCH3 is 1. The molecule has 3 nitrogen and oxygen atoms in total. The maximum Gasteiger partial charge on any atom is 0.125 e. The molecular formula is C13H14O3. The number of rotatable bonds is 3. The first kappa shape index (κ1) is 10.8. The topological polar surface area (TPSA) is 42.6 Å². The first-order valence-electron chi connectivity index (χ1n) is 5.09. The van der Waals surface area contributed by atoms with Crippen LogP contribution >= 0.6 is 0 Å². The Bertz CT molecular complexity index is 474. The van der Waals surface area contributed by atoms with Crippen LogP contribution in [0.25, 0.3) is 0 Å². The maximum absolute atomic E-state index is 10.2. The summed E-state index contributed by atoms with van der Waals surface area (Å²) in [5.74, 6) is 1.40. The van der Waals surface area contributed by atoms with Gasteiger partial charge in [0.2, 0.25) is 0 Å². The molecule has 3 heteroatoms. The molecule has 1 aromatic carbocycles. The van der Waals surface area contributed by atoms with Crippen molar-refractivity contribution in [2.75, 3.05) is 7.11 Å². The first-order valence-corrected chi connectivity index (χ1v) is 5.09. The second kappa shape index (κ2) is 4.41. The smallest absolute Gasteiger partial charge is 0.125 e. The number of aliphatic hydroxyl groups excluding tert-OH is 1. The fraction of sp³-hybridized carbons (Fsp3) is 0.231. The molecule has 2 rings (SSSR count). The van der Waals surface area contributed by atoms with Gasteiger partial charge in [-0.3, -0.25) is 0 Å². The zero-order chi connectivity index (χ0) is 11.5. The van der Waals surface area contributed by atoms with E-state index in [-0.39, 0.29) is 0 Å². The van der Waals surface area contributed by atoms with Crippen LogP contribution in [0.1, 0.15) is 23.0 Å². The van der Waals surface area contributed by atoms with Crippen LogP contribution in [0.3, 0.4) is 0 Å². The molecule has 0 spiro atoms. The average molecular weight is 218 g/mol. The number of ether oxygens (including phenoxy) is 1. The van der Waals surface area contributed by atoms with Gasteiger partial charge in [-0.1, -0.05) is 18.2 Å². The van der Waals surface area contributed by atoms with E-state index >= 15 is 0 Å². The third-order valence-electron chi connectivity index (χ3n) is 2.63. The lowest BCUT2D eigenvalue weighted by Gasteiger charge is -2.13. The molecular weight excluding hydrogens is 204 g/mol. The summed E-state index contributed by atoms with van der Waals surface area (Å²) in [4.78, 5) is 0. The lowest BCUT2D eigenvalue weighted by molar-refractivity contribution is 0.212. The molecule has 1 heterocycles. The van der Waals surface area contributed by atoms with E-state index in [0.29, 0.717) is 5.75 Å². The Hall–Kier alpha value is -1.74. The van der Waals surface area contributed by atoms with Crippen molar-refractivity contribution in [2.24, 2.45) is 0 Å². The molecule has 0 saturated carbocycles. The summed E-state index contributed by atoms with van der Waals surface area (Å²) in [5.41, 5.74) is 1.51. The van der Waals surface area contributed by atoms with Gasteiger partial charge in [0.15, 0.2) is 0 Å². The van der Waals surface area contributed by atoms with Crippen molar-refractivity contribution in [1.82, 2.24) is 0 Å². The molecule has 0 aliphatic rings. The summed E-state index contributed by atoms with van der Waals surface area (Å²) in [6.45, 7) is 1.83. The molecule has 0 bridgehead atoms. The highest BCUT2D eigenvalue weighted by atomic mass is 16.5. The van der Waals surface area contributed by atoms with Crippen LogP contribution in [-0.2, 0) is 0 Å². The molecule has 16 heavy (non-hydrogen) atoms. The third-order valence-corrected chi connectivity index (χ3v) is 2.63. The van der Waals surface area contributed by atoms with Gasteiger partial charge in [0.05, 0.1) is 13.4 Å². The number of benzene rings is 1. The molecule has 0 fully saturated rings. The molecule has 0 aliphatic carbocycles. The Morgan fingerprint density at radius 3 is 2.56 bits per heavy atom. The molecule has 0 amide bonds. The van der Waals surface area contributed by atoms with Crippen LogP contribution < -0.4 is 4.74 Å². The summed E-state index contributed by atoms with van der Waals surface area (Å²) in [7, 11) is 1.59. The third kappa shape index (κ3) is 1.82. The summed E-state index contributed by atoms with van der Waals surface area (Å²) in [6.07, 6.45) is 0.860. The zero-order valence-electron chi connectivity index (χ0n) is 9.31. The van der Waals surface area contributed by atoms with Crippen molar-refractivity contribution in [1.29, 1.82) is 0 Å². The van der Waals surface area contributed by atoms with E-state index in [1.165, 1.54) is 0 Å². The highest BCUT2D eigenvalue weighted by molar-refractivity contribution is 5.40. The van der Waals surface area contributed by atoms with Crippen LogP contribution in [0.15, 0.2) is 41.0 Å². The van der Waals surface area contributed by atoms with Gasteiger partial charge in [-0.15, -0.1) is 0 Å². The van der Waals surface area contributed by atoms with Gasteiger partial charge in [0.1, 0.15) is 17.6 Å². The van der Waals surface area contributed by atoms with Crippen molar-refractivity contribution in [2.45, 2.75) is 13.0 Å².